The lowest BCUT2D eigenvalue weighted by Crippen LogP contribution is -2.25. The number of amides is 1. The van der Waals surface area contributed by atoms with E-state index in [1.54, 1.807) is 0 Å². The molecule has 0 saturated carbocycles. The highest BCUT2D eigenvalue weighted by Gasteiger charge is 2.02. The molecule has 5 heteroatoms. The number of carbonyl (C=O) groups excluding carboxylic acids is 1. The van der Waals surface area contributed by atoms with Gasteiger partial charge in [-0.25, -0.2) is 0 Å². The van der Waals surface area contributed by atoms with E-state index < -0.39 is 0 Å². The third kappa shape index (κ3) is 6.85. The Balaban J connectivity index is 2.36. The summed E-state index contributed by atoms with van der Waals surface area (Å²) in [5.41, 5.74) is 1.23. The van der Waals surface area contributed by atoms with Crippen molar-refractivity contribution in [3.63, 3.8) is 0 Å². The van der Waals surface area contributed by atoms with E-state index >= 15 is 0 Å². The number of nitrogens with one attached hydrogen (secondary N) is 2. The monoisotopic (exact) mass is 277 g/mol. The van der Waals surface area contributed by atoms with Gasteiger partial charge in [0.1, 0.15) is 6.54 Å². The molecule has 1 amide bonds. The summed E-state index contributed by atoms with van der Waals surface area (Å²) in [6.45, 7) is 5.15. The number of hydrogen-bond donors (Lipinski definition) is 2. The second-order valence-corrected chi connectivity index (χ2v) is 5.45. The van der Waals surface area contributed by atoms with Gasteiger partial charge in [-0.1, -0.05) is 26.0 Å². The molecule has 0 aliphatic rings. The zero-order valence-electron chi connectivity index (χ0n) is 11.3. The van der Waals surface area contributed by atoms with Crippen LogP contribution in [0.1, 0.15) is 19.4 Å². The van der Waals surface area contributed by atoms with Gasteiger partial charge in [-0.15, -0.1) is 11.8 Å². The zero-order chi connectivity index (χ0) is 14.1. The van der Waals surface area contributed by atoms with Gasteiger partial charge in [-0.2, -0.15) is 5.26 Å². The number of benzene rings is 1. The number of nitriles is 1. The van der Waals surface area contributed by atoms with E-state index in [9.17, 15) is 4.79 Å². The van der Waals surface area contributed by atoms with E-state index in [0.717, 1.165) is 11.4 Å². The molecule has 19 heavy (non-hydrogen) atoms. The molecule has 0 aliphatic carbocycles. The predicted molar refractivity (Wildman–Crippen MR) is 77.8 cm³/mol. The molecule has 0 atom stereocenters. The average Bonchev–Trinajstić information content (AvgIpc) is 2.41. The van der Waals surface area contributed by atoms with E-state index in [1.165, 1.54) is 17.3 Å². The van der Waals surface area contributed by atoms with E-state index in [-0.39, 0.29) is 12.5 Å². The van der Waals surface area contributed by atoms with Gasteiger partial charge in [-0.05, 0) is 17.7 Å². The first-order valence-electron chi connectivity index (χ1n) is 6.20. The highest BCUT2D eigenvalue weighted by molar-refractivity contribution is 8.00. The smallest absolute Gasteiger partial charge is 0.231 e. The van der Waals surface area contributed by atoms with Crippen LogP contribution in [0.5, 0.6) is 0 Å². The standard InChI is InChI=1S/C14H19N3OS/c1-11(2)17-9-12-3-5-13(6-4-12)19-10-14(18)16-8-7-15/h3-6,11,17H,8-10H2,1-2H3,(H,16,18). The Kier molecular flexibility index (Phi) is 7.01. The van der Waals surface area contributed by atoms with Crippen molar-refractivity contribution in [3.05, 3.63) is 29.8 Å². The first-order valence-corrected chi connectivity index (χ1v) is 7.19. The number of thioether (sulfide) groups is 1. The number of nitrogens with zero attached hydrogens (tertiary/aromatic N) is 1. The first kappa shape index (κ1) is 15.5. The molecule has 1 aromatic carbocycles. The summed E-state index contributed by atoms with van der Waals surface area (Å²) in [5.74, 6) is 0.225. The summed E-state index contributed by atoms with van der Waals surface area (Å²) in [4.78, 5) is 12.4. The quantitative estimate of drug-likeness (QED) is 0.590. The van der Waals surface area contributed by atoms with Crippen molar-refractivity contribution in [2.45, 2.75) is 31.3 Å². The summed E-state index contributed by atoms with van der Waals surface area (Å²) in [6, 6.07) is 10.5. The third-order valence-corrected chi connectivity index (χ3v) is 3.38. The molecule has 102 valence electrons. The summed E-state index contributed by atoms with van der Waals surface area (Å²) in [6.07, 6.45) is 0. The molecule has 0 heterocycles. The molecule has 1 rings (SSSR count). The molecule has 0 fully saturated rings. The van der Waals surface area contributed by atoms with Crippen LogP contribution < -0.4 is 10.6 Å². The average molecular weight is 277 g/mol. The van der Waals surface area contributed by atoms with Crippen molar-refractivity contribution >= 4 is 17.7 Å². The molecule has 0 saturated heterocycles. The Morgan fingerprint density at radius 2 is 2.05 bits per heavy atom. The van der Waals surface area contributed by atoms with E-state index in [1.807, 2.05) is 18.2 Å². The van der Waals surface area contributed by atoms with Crippen LogP contribution in [-0.4, -0.2) is 24.2 Å². The van der Waals surface area contributed by atoms with Crippen LogP contribution in [0.15, 0.2) is 29.2 Å². The fraction of sp³-hybridized carbons (Fsp3) is 0.429. The highest BCUT2D eigenvalue weighted by atomic mass is 32.2. The summed E-state index contributed by atoms with van der Waals surface area (Å²) >= 11 is 1.47. The maximum Gasteiger partial charge on any atom is 0.231 e. The predicted octanol–water partition coefficient (Wildman–Crippen LogP) is 1.92. The summed E-state index contributed by atoms with van der Waals surface area (Å²) < 4.78 is 0. The van der Waals surface area contributed by atoms with Gasteiger partial charge in [0.25, 0.3) is 0 Å². The second-order valence-electron chi connectivity index (χ2n) is 4.40. The SMILES string of the molecule is CC(C)NCc1ccc(SCC(=O)NCC#N)cc1. The van der Waals surface area contributed by atoms with Crippen LogP contribution in [0.2, 0.25) is 0 Å². The van der Waals surface area contributed by atoms with E-state index in [4.69, 9.17) is 5.26 Å². The number of rotatable bonds is 7. The van der Waals surface area contributed by atoms with Crippen molar-refractivity contribution in [3.8, 4) is 6.07 Å². The maximum atomic E-state index is 11.3. The lowest BCUT2D eigenvalue weighted by Gasteiger charge is -2.08. The van der Waals surface area contributed by atoms with Gasteiger partial charge in [0.2, 0.25) is 5.91 Å². The fourth-order valence-electron chi connectivity index (χ4n) is 1.36. The van der Waals surface area contributed by atoms with Crippen LogP contribution in [0, 0.1) is 11.3 Å². The Morgan fingerprint density at radius 3 is 2.63 bits per heavy atom. The number of carbonyl (C=O) groups is 1. The summed E-state index contributed by atoms with van der Waals surface area (Å²) in [5, 5.41) is 14.2. The molecule has 0 aromatic heterocycles. The summed E-state index contributed by atoms with van der Waals surface area (Å²) in [7, 11) is 0. The molecule has 0 unspecified atom stereocenters. The Labute approximate surface area is 118 Å². The van der Waals surface area contributed by atoms with Gasteiger partial charge in [0.15, 0.2) is 0 Å². The largest absolute Gasteiger partial charge is 0.342 e. The third-order valence-electron chi connectivity index (χ3n) is 2.37. The van der Waals surface area contributed by atoms with Crippen molar-refractivity contribution < 1.29 is 4.79 Å². The van der Waals surface area contributed by atoms with Crippen LogP contribution >= 0.6 is 11.8 Å². The minimum absolute atomic E-state index is 0.0687. The van der Waals surface area contributed by atoms with Crippen LogP contribution in [0.4, 0.5) is 0 Å². The molecule has 0 spiro atoms. The number of hydrogen-bond acceptors (Lipinski definition) is 4. The van der Waals surface area contributed by atoms with Gasteiger partial charge < -0.3 is 10.6 Å². The van der Waals surface area contributed by atoms with Crippen molar-refractivity contribution in [1.82, 2.24) is 10.6 Å². The van der Waals surface area contributed by atoms with Crippen molar-refractivity contribution in [1.29, 1.82) is 5.26 Å². The fourth-order valence-corrected chi connectivity index (χ4v) is 2.09. The molecule has 4 nitrogen and oxygen atoms in total. The first-order chi connectivity index (χ1) is 9.11. The minimum Gasteiger partial charge on any atom is -0.342 e. The molecular weight excluding hydrogens is 258 g/mol. The molecule has 0 aliphatic heterocycles. The zero-order valence-corrected chi connectivity index (χ0v) is 12.1. The van der Waals surface area contributed by atoms with Gasteiger partial charge >= 0.3 is 0 Å². The second kappa shape index (κ2) is 8.57. The topological polar surface area (TPSA) is 64.9 Å². The van der Waals surface area contributed by atoms with E-state index in [0.29, 0.717) is 11.8 Å². The van der Waals surface area contributed by atoms with Crippen LogP contribution in [0.3, 0.4) is 0 Å². The highest BCUT2D eigenvalue weighted by Crippen LogP contribution is 2.18. The maximum absolute atomic E-state index is 11.3. The Bertz CT molecular complexity index is 437. The van der Waals surface area contributed by atoms with Crippen LogP contribution in [0.25, 0.3) is 0 Å². The minimum atomic E-state index is -0.114. The van der Waals surface area contributed by atoms with Gasteiger partial charge in [0, 0.05) is 17.5 Å². The molecule has 0 bridgehead atoms. The van der Waals surface area contributed by atoms with Crippen LogP contribution in [-0.2, 0) is 11.3 Å². The molecule has 0 radical (unpaired) electrons. The normalized spacial score (nSPS) is 10.2. The van der Waals surface area contributed by atoms with Crippen molar-refractivity contribution in [2.24, 2.45) is 0 Å². The lowest BCUT2D eigenvalue weighted by atomic mass is 10.2. The van der Waals surface area contributed by atoms with Gasteiger partial charge in [0.05, 0.1) is 11.8 Å². The Morgan fingerprint density at radius 1 is 1.37 bits per heavy atom. The molecule has 2 N–H and O–H groups in total. The van der Waals surface area contributed by atoms with E-state index in [2.05, 4.69) is 36.6 Å². The lowest BCUT2D eigenvalue weighted by molar-refractivity contribution is -0.118. The Hall–Kier alpha value is -1.51. The van der Waals surface area contributed by atoms with Gasteiger partial charge in [-0.3, -0.25) is 4.79 Å². The van der Waals surface area contributed by atoms with Crippen molar-refractivity contribution in [2.75, 3.05) is 12.3 Å². The molecule has 1 aromatic rings. The molecular formula is C14H19N3OS.